The molecule has 0 aliphatic carbocycles. The smallest absolute Gasteiger partial charge is 0.338 e. The van der Waals surface area contributed by atoms with Crippen molar-refractivity contribution in [1.82, 2.24) is 4.57 Å². The lowest BCUT2D eigenvalue weighted by atomic mass is 10.1. The summed E-state index contributed by atoms with van der Waals surface area (Å²) in [5.41, 5.74) is 3.87. The van der Waals surface area contributed by atoms with Crippen molar-refractivity contribution in [3.63, 3.8) is 0 Å². The lowest BCUT2D eigenvalue weighted by Crippen LogP contribution is -2.15. The topological polar surface area (TPSA) is 109 Å². The molecule has 178 valence electrons. The van der Waals surface area contributed by atoms with E-state index in [9.17, 15) is 22.8 Å². The molecule has 0 bridgehead atoms. The number of aromatic nitrogens is 1. The molecule has 3 rings (SSSR count). The molecular weight excluding hydrogens is 458 g/mol. The molecule has 1 heterocycles. The summed E-state index contributed by atoms with van der Waals surface area (Å²) >= 11 is 0. The minimum absolute atomic E-state index is 0.123. The summed E-state index contributed by atoms with van der Waals surface area (Å²) < 4.78 is 34.5. The Morgan fingerprint density at radius 1 is 0.882 bits per heavy atom. The van der Waals surface area contributed by atoms with E-state index in [0.29, 0.717) is 22.4 Å². The number of hydrogen-bond donors (Lipinski definition) is 0. The maximum atomic E-state index is 12.8. The predicted molar refractivity (Wildman–Crippen MR) is 126 cm³/mol. The van der Waals surface area contributed by atoms with E-state index in [4.69, 9.17) is 9.47 Å². The molecule has 0 aliphatic rings. The maximum absolute atomic E-state index is 12.8. The molecule has 2 aromatic carbocycles. The minimum Gasteiger partial charge on any atom is -0.465 e. The molecule has 0 fully saturated rings. The van der Waals surface area contributed by atoms with Crippen molar-refractivity contribution in [2.75, 3.05) is 20.0 Å². The molecule has 0 aliphatic heterocycles. The molecule has 0 saturated heterocycles. The third-order valence-electron chi connectivity index (χ3n) is 5.23. The molecular formula is C25H25NO7S. The number of sulfone groups is 1. The molecule has 0 radical (unpaired) electrons. The summed E-state index contributed by atoms with van der Waals surface area (Å²) in [5.74, 6) is -1.59. The maximum Gasteiger partial charge on any atom is 0.338 e. The van der Waals surface area contributed by atoms with Crippen LogP contribution in [-0.2, 0) is 25.1 Å². The van der Waals surface area contributed by atoms with Crippen LogP contribution in [0.5, 0.6) is 0 Å². The van der Waals surface area contributed by atoms with Gasteiger partial charge in [-0.2, -0.15) is 0 Å². The van der Waals surface area contributed by atoms with Gasteiger partial charge in [0, 0.05) is 28.9 Å². The Hall–Kier alpha value is -3.72. The summed E-state index contributed by atoms with van der Waals surface area (Å²) in [6.07, 6.45) is 1.13. The van der Waals surface area contributed by atoms with Gasteiger partial charge in [-0.1, -0.05) is 12.1 Å². The van der Waals surface area contributed by atoms with Crippen LogP contribution < -0.4 is 0 Å². The molecule has 9 heteroatoms. The van der Waals surface area contributed by atoms with Crippen LogP contribution in [0.15, 0.2) is 54.6 Å². The van der Waals surface area contributed by atoms with E-state index in [1.54, 1.807) is 49.4 Å². The first kappa shape index (κ1) is 24.9. The highest BCUT2D eigenvalue weighted by Crippen LogP contribution is 2.22. The van der Waals surface area contributed by atoms with Gasteiger partial charge in [-0.3, -0.25) is 4.79 Å². The number of methoxy groups -OCH3 is 1. The number of carbonyl (C=O) groups is 3. The first-order chi connectivity index (χ1) is 16.0. The summed E-state index contributed by atoms with van der Waals surface area (Å²) in [6.45, 7) is 3.20. The van der Waals surface area contributed by atoms with Crippen LogP contribution in [0.3, 0.4) is 0 Å². The van der Waals surface area contributed by atoms with Gasteiger partial charge in [0.2, 0.25) is 5.78 Å². The van der Waals surface area contributed by atoms with Gasteiger partial charge in [0.25, 0.3) is 0 Å². The lowest BCUT2D eigenvalue weighted by molar-refractivity contribution is 0.0474. The minimum atomic E-state index is -3.18. The van der Waals surface area contributed by atoms with Crippen molar-refractivity contribution >= 4 is 27.6 Å². The molecule has 0 N–H and O–H groups in total. The lowest BCUT2D eigenvalue weighted by Gasteiger charge is -2.11. The SMILES string of the molecule is COC(=O)c1ccc(-n2c(C)cc(C(=O)COC(=O)c3ccc(CS(C)(=O)=O)cc3)c2C)cc1. The Morgan fingerprint density at radius 2 is 1.44 bits per heavy atom. The number of Topliss-reactive ketones (excluding diaryl/α,β-unsaturated/α-hetero) is 1. The highest BCUT2D eigenvalue weighted by Gasteiger charge is 2.19. The Balaban J connectivity index is 1.70. The van der Waals surface area contributed by atoms with E-state index in [-0.39, 0.29) is 17.1 Å². The molecule has 0 spiro atoms. The van der Waals surface area contributed by atoms with Crippen LogP contribution in [-0.4, -0.2) is 50.7 Å². The van der Waals surface area contributed by atoms with Crippen molar-refractivity contribution in [2.24, 2.45) is 0 Å². The van der Waals surface area contributed by atoms with Crippen LogP contribution in [0.1, 0.15) is 48.0 Å². The zero-order chi connectivity index (χ0) is 25.0. The molecule has 0 atom stereocenters. The van der Waals surface area contributed by atoms with Gasteiger partial charge in [0.15, 0.2) is 16.4 Å². The number of nitrogens with zero attached hydrogens (tertiary/aromatic N) is 1. The Kier molecular flexibility index (Phi) is 7.36. The van der Waals surface area contributed by atoms with E-state index in [2.05, 4.69) is 0 Å². The highest BCUT2D eigenvalue weighted by molar-refractivity contribution is 7.89. The number of ether oxygens (including phenoxy) is 2. The van der Waals surface area contributed by atoms with Gasteiger partial charge in [-0.05, 0) is 61.9 Å². The molecule has 3 aromatic rings. The monoisotopic (exact) mass is 483 g/mol. The number of ketones is 1. The normalized spacial score (nSPS) is 11.2. The van der Waals surface area contributed by atoms with Crippen molar-refractivity contribution in [3.8, 4) is 5.69 Å². The van der Waals surface area contributed by atoms with Crippen LogP contribution in [0, 0.1) is 13.8 Å². The summed E-state index contributed by atoms with van der Waals surface area (Å²) in [4.78, 5) is 36.8. The Bertz CT molecular complexity index is 1340. The van der Waals surface area contributed by atoms with Gasteiger partial charge in [0.1, 0.15) is 0 Å². The molecule has 1 aromatic heterocycles. The average molecular weight is 484 g/mol. The summed E-state index contributed by atoms with van der Waals surface area (Å²) in [5, 5.41) is 0. The third-order valence-corrected chi connectivity index (χ3v) is 6.09. The van der Waals surface area contributed by atoms with E-state index in [1.807, 2.05) is 11.5 Å². The second-order valence-electron chi connectivity index (χ2n) is 7.92. The molecule has 8 nitrogen and oxygen atoms in total. The zero-order valence-corrected chi connectivity index (χ0v) is 20.1. The second kappa shape index (κ2) is 10.0. The van der Waals surface area contributed by atoms with E-state index in [1.165, 1.54) is 19.2 Å². The van der Waals surface area contributed by atoms with E-state index >= 15 is 0 Å². The molecule has 0 unspecified atom stereocenters. The highest BCUT2D eigenvalue weighted by atomic mass is 32.2. The quantitative estimate of drug-likeness (QED) is 0.356. The first-order valence-corrected chi connectivity index (χ1v) is 12.4. The number of rotatable bonds is 8. The largest absolute Gasteiger partial charge is 0.465 e. The Morgan fingerprint density at radius 3 is 2.00 bits per heavy atom. The van der Waals surface area contributed by atoms with Gasteiger partial charge in [0.05, 0.1) is 24.0 Å². The fourth-order valence-corrected chi connectivity index (χ4v) is 4.44. The molecule has 0 amide bonds. The van der Waals surface area contributed by atoms with E-state index in [0.717, 1.165) is 17.6 Å². The van der Waals surface area contributed by atoms with Crippen LogP contribution in [0.4, 0.5) is 0 Å². The van der Waals surface area contributed by atoms with Gasteiger partial charge in [-0.15, -0.1) is 0 Å². The van der Waals surface area contributed by atoms with E-state index < -0.39 is 28.4 Å². The number of benzene rings is 2. The number of hydrogen-bond acceptors (Lipinski definition) is 7. The van der Waals surface area contributed by atoms with Crippen molar-refractivity contribution in [2.45, 2.75) is 19.6 Å². The number of aryl methyl sites for hydroxylation is 1. The zero-order valence-electron chi connectivity index (χ0n) is 19.3. The van der Waals surface area contributed by atoms with Gasteiger partial charge >= 0.3 is 11.9 Å². The standard InChI is InChI=1S/C25H25NO7S/c1-16-13-22(17(2)26(16)21-11-9-19(10-12-21)24(28)32-3)23(27)14-33-25(29)20-7-5-18(6-8-20)15-34(4,30)31/h5-13H,14-15H2,1-4H3. The first-order valence-electron chi connectivity index (χ1n) is 10.3. The predicted octanol–water partition coefficient (Wildman–Crippen LogP) is 3.47. The Labute approximate surface area is 198 Å². The average Bonchev–Trinajstić information content (AvgIpc) is 3.10. The van der Waals surface area contributed by atoms with Crippen LogP contribution in [0.2, 0.25) is 0 Å². The second-order valence-corrected chi connectivity index (χ2v) is 10.1. The van der Waals surface area contributed by atoms with Crippen LogP contribution >= 0.6 is 0 Å². The molecule has 0 saturated carbocycles. The summed E-state index contributed by atoms with van der Waals surface area (Å²) in [7, 11) is -1.86. The van der Waals surface area contributed by atoms with Crippen LogP contribution in [0.25, 0.3) is 5.69 Å². The third kappa shape index (κ3) is 5.79. The fraction of sp³-hybridized carbons (Fsp3) is 0.240. The van der Waals surface area contributed by atoms with Crippen molar-refractivity contribution in [3.05, 3.63) is 88.2 Å². The fourth-order valence-electron chi connectivity index (χ4n) is 3.64. The van der Waals surface area contributed by atoms with Crippen molar-refractivity contribution in [1.29, 1.82) is 0 Å². The number of esters is 2. The van der Waals surface area contributed by atoms with Gasteiger partial charge < -0.3 is 14.0 Å². The van der Waals surface area contributed by atoms with Crippen molar-refractivity contribution < 1.29 is 32.3 Å². The number of carbonyl (C=O) groups excluding carboxylic acids is 3. The molecule has 34 heavy (non-hydrogen) atoms. The summed E-state index contributed by atoms with van der Waals surface area (Å²) in [6, 6.07) is 14.5. The van der Waals surface area contributed by atoms with Gasteiger partial charge in [-0.25, -0.2) is 18.0 Å².